The number of hydrogen-bond donors (Lipinski definition) is 2. The number of nitrogens with one attached hydrogen (secondary N) is 2. The Labute approximate surface area is 183 Å². The summed E-state index contributed by atoms with van der Waals surface area (Å²) in [6, 6.07) is 13.4. The Morgan fingerprint density at radius 1 is 1.16 bits per heavy atom. The van der Waals surface area contributed by atoms with Crippen molar-refractivity contribution in [3.63, 3.8) is 0 Å². The van der Waals surface area contributed by atoms with Crippen LogP contribution in [0.15, 0.2) is 54.9 Å². The maximum atomic E-state index is 12.5. The monoisotopic (exact) mass is 417 g/mol. The van der Waals surface area contributed by atoms with Crippen molar-refractivity contribution in [3.8, 4) is 29.0 Å². The van der Waals surface area contributed by atoms with Crippen LogP contribution in [-0.2, 0) is 9.53 Å². The zero-order valence-electron chi connectivity index (χ0n) is 18.1. The van der Waals surface area contributed by atoms with Crippen molar-refractivity contribution >= 4 is 11.6 Å². The fourth-order valence-electron chi connectivity index (χ4n) is 2.91. The Balaban J connectivity index is 1.75. The first kappa shape index (κ1) is 22.1. The molecule has 0 aliphatic heterocycles. The summed E-state index contributed by atoms with van der Waals surface area (Å²) in [5.74, 6) is 6.84. The maximum absolute atomic E-state index is 12.5. The third-order valence-corrected chi connectivity index (χ3v) is 4.59. The molecule has 0 atom stereocenters. The first-order chi connectivity index (χ1) is 15.1. The zero-order chi connectivity index (χ0) is 22.1. The fourth-order valence-corrected chi connectivity index (χ4v) is 2.91. The van der Waals surface area contributed by atoms with Gasteiger partial charge in [0, 0.05) is 36.0 Å². The summed E-state index contributed by atoms with van der Waals surface area (Å²) < 4.78 is 11.1. The number of hydrogen-bond acceptors (Lipinski definition) is 4. The van der Waals surface area contributed by atoms with Gasteiger partial charge in [-0.3, -0.25) is 4.79 Å². The van der Waals surface area contributed by atoms with Crippen LogP contribution in [0.2, 0.25) is 0 Å². The number of nitrogens with zero attached hydrogens (tertiary/aromatic N) is 1. The second-order valence-corrected chi connectivity index (χ2v) is 7.17. The van der Waals surface area contributed by atoms with Crippen LogP contribution in [0.4, 0.5) is 5.69 Å². The molecule has 0 unspecified atom stereocenters. The van der Waals surface area contributed by atoms with Gasteiger partial charge < -0.3 is 19.8 Å². The Hall–Kier alpha value is -3.56. The van der Waals surface area contributed by atoms with E-state index in [1.807, 2.05) is 43.3 Å². The Bertz CT molecular complexity index is 1050. The van der Waals surface area contributed by atoms with Crippen LogP contribution in [0.25, 0.3) is 11.4 Å². The van der Waals surface area contributed by atoms with Crippen molar-refractivity contribution < 1.29 is 14.3 Å². The van der Waals surface area contributed by atoms with E-state index in [0.717, 1.165) is 11.1 Å². The second-order valence-electron chi connectivity index (χ2n) is 7.17. The van der Waals surface area contributed by atoms with E-state index < -0.39 is 5.91 Å². The summed E-state index contributed by atoms with van der Waals surface area (Å²) in [6.45, 7) is 7.68. The van der Waals surface area contributed by atoms with Crippen LogP contribution < -0.4 is 10.1 Å². The molecule has 160 valence electrons. The van der Waals surface area contributed by atoms with Crippen LogP contribution in [0.5, 0.6) is 5.75 Å². The molecule has 0 fully saturated rings. The zero-order valence-corrected chi connectivity index (χ0v) is 18.1. The molecular formula is C25H27N3O3. The minimum Gasteiger partial charge on any atom is -0.489 e. The van der Waals surface area contributed by atoms with Gasteiger partial charge in [0.15, 0.2) is 0 Å². The first-order valence-corrected chi connectivity index (χ1v) is 10.3. The molecule has 3 rings (SSSR count). The van der Waals surface area contributed by atoms with Gasteiger partial charge in [-0.1, -0.05) is 31.9 Å². The molecule has 2 aromatic carbocycles. The van der Waals surface area contributed by atoms with E-state index in [9.17, 15) is 4.79 Å². The van der Waals surface area contributed by atoms with E-state index in [4.69, 9.17) is 9.47 Å². The number of ether oxygens (including phenoxy) is 2. The molecule has 0 aliphatic carbocycles. The summed E-state index contributed by atoms with van der Waals surface area (Å²) in [7, 11) is 0. The minimum absolute atomic E-state index is 0.380. The van der Waals surface area contributed by atoms with Gasteiger partial charge in [-0.2, -0.15) is 0 Å². The number of benzene rings is 2. The van der Waals surface area contributed by atoms with Crippen LogP contribution in [0, 0.1) is 11.8 Å². The van der Waals surface area contributed by atoms with Gasteiger partial charge in [0.25, 0.3) is 0 Å². The number of aromatic nitrogens is 2. The van der Waals surface area contributed by atoms with Crippen molar-refractivity contribution in [2.45, 2.75) is 26.7 Å². The molecule has 0 aliphatic rings. The predicted molar refractivity (Wildman–Crippen MR) is 122 cm³/mol. The SMILES string of the molecule is CCOCCOc1ccc(-c2ncc[nH]2)cc1NC(=O)C#Cc1ccc(C(C)C)cc1. The molecule has 1 heterocycles. The quantitative estimate of drug-likeness (QED) is 0.415. The van der Waals surface area contributed by atoms with Gasteiger partial charge in [0.05, 0.1) is 12.3 Å². The smallest absolute Gasteiger partial charge is 0.300 e. The van der Waals surface area contributed by atoms with Gasteiger partial charge in [-0.25, -0.2) is 4.98 Å². The topological polar surface area (TPSA) is 76.2 Å². The molecule has 6 nitrogen and oxygen atoms in total. The Morgan fingerprint density at radius 2 is 1.97 bits per heavy atom. The first-order valence-electron chi connectivity index (χ1n) is 10.3. The van der Waals surface area contributed by atoms with E-state index in [1.54, 1.807) is 18.5 Å². The summed E-state index contributed by atoms with van der Waals surface area (Å²) in [5, 5.41) is 2.83. The second kappa shape index (κ2) is 11.0. The van der Waals surface area contributed by atoms with Crippen molar-refractivity contribution in [2.24, 2.45) is 0 Å². The van der Waals surface area contributed by atoms with E-state index in [1.165, 1.54) is 5.56 Å². The van der Waals surface area contributed by atoms with Gasteiger partial charge in [0.2, 0.25) is 0 Å². The number of H-pyrrole nitrogens is 1. The normalized spacial score (nSPS) is 10.5. The fraction of sp³-hybridized carbons (Fsp3) is 0.280. The molecule has 6 heteroatoms. The highest BCUT2D eigenvalue weighted by Gasteiger charge is 2.10. The number of anilines is 1. The third kappa shape index (κ3) is 6.46. The lowest BCUT2D eigenvalue weighted by Crippen LogP contribution is -2.12. The number of amides is 1. The van der Waals surface area contributed by atoms with Crippen LogP contribution in [-0.4, -0.2) is 35.7 Å². The van der Waals surface area contributed by atoms with Gasteiger partial charge in [0.1, 0.15) is 18.2 Å². The number of rotatable bonds is 8. The molecule has 2 N–H and O–H groups in total. The molecule has 0 saturated carbocycles. The average Bonchev–Trinajstić information content (AvgIpc) is 3.31. The molecule has 3 aromatic rings. The average molecular weight is 418 g/mol. The molecular weight excluding hydrogens is 390 g/mol. The Morgan fingerprint density at radius 3 is 2.65 bits per heavy atom. The lowest BCUT2D eigenvalue weighted by molar-refractivity contribution is -0.111. The van der Waals surface area contributed by atoms with Crippen molar-refractivity contribution in [3.05, 3.63) is 66.0 Å². The lowest BCUT2D eigenvalue weighted by atomic mass is 10.0. The molecule has 1 amide bonds. The molecule has 0 saturated heterocycles. The highest BCUT2D eigenvalue weighted by molar-refractivity contribution is 6.05. The van der Waals surface area contributed by atoms with E-state index in [0.29, 0.717) is 43.0 Å². The largest absolute Gasteiger partial charge is 0.489 e. The highest BCUT2D eigenvalue weighted by Crippen LogP contribution is 2.29. The molecule has 0 spiro atoms. The van der Waals surface area contributed by atoms with Crippen LogP contribution >= 0.6 is 0 Å². The van der Waals surface area contributed by atoms with Crippen LogP contribution in [0.1, 0.15) is 37.8 Å². The van der Waals surface area contributed by atoms with Crippen LogP contribution in [0.3, 0.4) is 0 Å². The predicted octanol–water partition coefficient (Wildman–Crippen LogP) is 4.61. The summed E-state index contributed by atoms with van der Waals surface area (Å²) in [5.41, 5.74) is 3.38. The van der Waals surface area contributed by atoms with Crippen molar-refractivity contribution in [2.75, 3.05) is 25.1 Å². The highest BCUT2D eigenvalue weighted by atomic mass is 16.5. The van der Waals surface area contributed by atoms with Gasteiger partial charge in [-0.05, 0) is 48.7 Å². The molecule has 0 radical (unpaired) electrons. The number of aromatic amines is 1. The van der Waals surface area contributed by atoms with Crippen molar-refractivity contribution in [1.29, 1.82) is 0 Å². The molecule has 0 bridgehead atoms. The number of carbonyl (C=O) groups excluding carboxylic acids is 1. The lowest BCUT2D eigenvalue weighted by Gasteiger charge is -2.12. The van der Waals surface area contributed by atoms with E-state index in [-0.39, 0.29) is 0 Å². The summed E-state index contributed by atoms with van der Waals surface area (Å²) in [6.07, 6.45) is 3.42. The van der Waals surface area contributed by atoms with E-state index >= 15 is 0 Å². The summed E-state index contributed by atoms with van der Waals surface area (Å²) >= 11 is 0. The molecule has 1 aromatic heterocycles. The number of imidazole rings is 1. The van der Waals surface area contributed by atoms with E-state index in [2.05, 4.69) is 41.0 Å². The van der Waals surface area contributed by atoms with Gasteiger partial charge in [-0.15, -0.1) is 0 Å². The maximum Gasteiger partial charge on any atom is 0.300 e. The third-order valence-electron chi connectivity index (χ3n) is 4.59. The molecule has 31 heavy (non-hydrogen) atoms. The standard InChI is InChI=1S/C25H27N3O3/c1-4-30-15-16-31-23-11-10-21(25-26-13-14-27-25)17-22(23)28-24(29)12-7-19-5-8-20(9-6-19)18(2)3/h5-6,8-11,13-14,17-18H,4,15-16H2,1-3H3,(H,26,27)(H,28,29). The minimum atomic E-state index is -0.417. The van der Waals surface area contributed by atoms with Gasteiger partial charge >= 0.3 is 5.91 Å². The number of carbonyl (C=O) groups is 1. The summed E-state index contributed by atoms with van der Waals surface area (Å²) in [4.78, 5) is 19.8. The Kier molecular flexibility index (Phi) is 7.85. The van der Waals surface area contributed by atoms with Crippen molar-refractivity contribution in [1.82, 2.24) is 9.97 Å².